The Bertz CT molecular complexity index is 316. The van der Waals surface area contributed by atoms with Crippen molar-refractivity contribution in [1.82, 2.24) is 0 Å². The number of hydrogen-bond donors (Lipinski definition) is 1. The highest BCUT2D eigenvalue weighted by Gasteiger charge is 2.23. The summed E-state index contributed by atoms with van der Waals surface area (Å²) in [5.74, 6) is 1.92. The zero-order valence-corrected chi connectivity index (χ0v) is 10.2. The second-order valence-corrected chi connectivity index (χ2v) is 4.68. The summed E-state index contributed by atoms with van der Waals surface area (Å²) in [6.07, 6.45) is 4.15. The lowest BCUT2D eigenvalue weighted by Gasteiger charge is -2.15. The molecule has 1 atom stereocenters. The van der Waals surface area contributed by atoms with Crippen LogP contribution in [0.1, 0.15) is 33.1 Å². The second kappa shape index (κ2) is 5.24. The summed E-state index contributed by atoms with van der Waals surface area (Å²) in [6.45, 7) is 4.99. The number of hydrogen-bond acceptors (Lipinski definition) is 2. The summed E-state index contributed by atoms with van der Waals surface area (Å²) in [6, 6.07) is 8.80. The van der Waals surface area contributed by atoms with Crippen LogP contribution in [0.5, 0.6) is 5.75 Å². The maximum atomic E-state index is 5.41. The highest BCUT2D eigenvalue weighted by atomic mass is 16.5. The van der Waals surface area contributed by atoms with E-state index in [0.717, 1.165) is 18.3 Å². The summed E-state index contributed by atoms with van der Waals surface area (Å²) in [4.78, 5) is 0. The molecule has 1 aliphatic rings. The molecule has 0 aromatic heterocycles. The van der Waals surface area contributed by atoms with Crippen molar-refractivity contribution in [2.24, 2.45) is 5.92 Å². The number of benzene rings is 1. The third-order valence-electron chi connectivity index (χ3n) is 2.96. The molecular formula is C14H21NO. The van der Waals surface area contributed by atoms with Gasteiger partial charge in [0.1, 0.15) is 5.75 Å². The molecule has 0 bridgehead atoms. The lowest BCUT2D eigenvalue weighted by molar-refractivity contribution is 0.340. The Morgan fingerprint density at radius 1 is 1.31 bits per heavy atom. The lowest BCUT2D eigenvalue weighted by Crippen LogP contribution is -2.15. The van der Waals surface area contributed by atoms with Crippen molar-refractivity contribution in [3.8, 4) is 5.75 Å². The average molecular weight is 219 g/mol. The highest BCUT2D eigenvalue weighted by molar-refractivity contribution is 5.46. The van der Waals surface area contributed by atoms with E-state index in [0.29, 0.717) is 6.04 Å². The van der Waals surface area contributed by atoms with E-state index >= 15 is 0 Å². The predicted molar refractivity (Wildman–Crippen MR) is 68.0 cm³/mol. The molecule has 1 aliphatic carbocycles. The van der Waals surface area contributed by atoms with Crippen LogP contribution in [-0.4, -0.2) is 12.6 Å². The first-order valence-electron chi connectivity index (χ1n) is 6.27. The molecular weight excluding hydrogens is 198 g/mol. The van der Waals surface area contributed by atoms with Crippen LogP contribution in [0.25, 0.3) is 0 Å². The first kappa shape index (κ1) is 11.3. The van der Waals surface area contributed by atoms with Gasteiger partial charge in [0.2, 0.25) is 0 Å². The van der Waals surface area contributed by atoms with Gasteiger partial charge in [-0.05, 0) is 50.5 Å². The lowest BCUT2D eigenvalue weighted by atomic mass is 10.1. The van der Waals surface area contributed by atoms with Gasteiger partial charge in [0.25, 0.3) is 0 Å². The minimum absolute atomic E-state index is 0.574. The largest absolute Gasteiger partial charge is 0.494 e. The molecule has 1 fully saturated rings. The van der Waals surface area contributed by atoms with Crippen LogP contribution in [0, 0.1) is 5.92 Å². The van der Waals surface area contributed by atoms with Gasteiger partial charge >= 0.3 is 0 Å². The molecule has 0 spiro atoms. The van der Waals surface area contributed by atoms with Crippen LogP contribution in [0.2, 0.25) is 0 Å². The Morgan fingerprint density at radius 2 is 2.00 bits per heavy atom. The van der Waals surface area contributed by atoms with Gasteiger partial charge in [0.05, 0.1) is 6.61 Å². The zero-order chi connectivity index (χ0) is 11.4. The SMILES string of the molecule is CCOc1ccc(NC(C)CC2CC2)cc1. The number of rotatable bonds is 6. The fourth-order valence-corrected chi connectivity index (χ4v) is 2.01. The Labute approximate surface area is 98.0 Å². The van der Waals surface area contributed by atoms with Gasteiger partial charge in [0, 0.05) is 11.7 Å². The van der Waals surface area contributed by atoms with Gasteiger partial charge in [-0.15, -0.1) is 0 Å². The van der Waals surface area contributed by atoms with Crippen LogP contribution in [0.15, 0.2) is 24.3 Å². The molecule has 0 amide bonds. The Balaban J connectivity index is 1.83. The van der Waals surface area contributed by atoms with Gasteiger partial charge in [-0.1, -0.05) is 12.8 Å². The van der Waals surface area contributed by atoms with Gasteiger partial charge in [-0.3, -0.25) is 0 Å². The van der Waals surface area contributed by atoms with Crippen molar-refractivity contribution in [1.29, 1.82) is 0 Å². The van der Waals surface area contributed by atoms with Crippen LogP contribution >= 0.6 is 0 Å². The fourth-order valence-electron chi connectivity index (χ4n) is 2.01. The molecule has 0 saturated heterocycles. The van der Waals surface area contributed by atoms with Crippen LogP contribution in [0.3, 0.4) is 0 Å². The molecule has 0 heterocycles. The van der Waals surface area contributed by atoms with Crippen molar-refractivity contribution in [3.05, 3.63) is 24.3 Å². The molecule has 16 heavy (non-hydrogen) atoms. The normalized spacial score (nSPS) is 16.9. The molecule has 88 valence electrons. The van der Waals surface area contributed by atoms with E-state index in [-0.39, 0.29) is 0 Å². The van der Waals surface area contributed by atoms with Crippen molar-refractivity contribution in [2.45, 2.75) is 39.2 Å². The van der Waals surface area contributed by atoms with Crippen molar-refractivity contribution in [2.75, 3.05) is 11.9 Å². The maximum Gasteiger partial charge on any atom is 0.119 e. The Kier molecular flexibility index (Phi) is 3.70. The molecule has 1 aromatic carbocycles. The molecule has 2 nitrogen and oxygen atoms in total. The van der Waals surface area contributed by atoms with E-state index in [1.54, 1.807) is 0 Å². The molecule has 1 N–H and O–H groups in total. The molecule has 1 aromatic rings. The van der Waals surface area contributed by atoms with E-state index in [2.05, 4.69) is 24.4 Å². The molecule has 1 saturated carbocycles. The summed E-state index contributed by atoms with van der Waals surface area (Å²) in [5.41, 5.74) is 1.19. The molecule has 1 unspecified atom stereocenters. The second-order valence-electron chi connectivity index (χ2n) is 4.68. The zero-order valence-electron chi connectivity index (χ0n) is 10.2. The summed E-state index contributed by atoms with van der Waals surface area (Å²) in [5, 5.41) is 3.53. The summed E-state index contributed by atoms with van der Waals surface area (Å²) >= 11 is 0. The maximum absolute atomic E-state index is 5.41. The standard InChI is InChI=1S/C14H21NO/c1-3-16-14-8-6-13(7-9-14)15-11(2)10-12-4-5-12/h6-9,11-12,15H,3-5,10H2,1-2H3. The van der Waals surface area contributed by atoms with Gasteiger partial charge < -0.3 is 10.1 Å². The van der Waals surface area contributed by atoms with Crippen molar-refractivity contribution >= 4 is 5.69 Å². The molecule has 0 radical (unpaired) electrons. The number of ether oxygens (including phenoxy) is 1. The monoisotopic (exact) mass is 219 g/mol. The van der Waals surface area contributed by atoms with E-state index < -0.39 is 0 Å². The Morgan fingerprint density at radius 3 is 2.56 bits per heavy atom. The molecule has 2 heteroatoms. The van der Waals surface area contributed by atoms with Crippen molar-refractivity contribution in [3.63, 3.8) is 0 Å². The van der Waals surface area contributed by atoms with Gasteiger partial charge in [-0.2, -0.15) is 0 Å². The third-order valence-corrected chi connectivity index (χ3v) is 2.96. The molecule has 0 aliphatic heterocycles. The highest BCUT2D eigenvalue weighted by Crippen LogP contribution is 2.34. The number of nitrogens with one attached hydrogen (secondary N) is 1. The van der Waals surface area contributed by atoms with Crippen molar-refractivity contribution < 1.29 is 4.74 Å². The van der Waals surface area contributed by atoms with Crippen LogP contribution in [0.4, 0.5) is 5.69 Å². The summed E-state index contributed by atoms with van der Waals surface area (Å²) < 4.78 is 5.41. The van der Waals surface area contributed by atoms with E-state index in [1.165, 1.54) is 24.9 Å². The predicted octanol–water partition coefficient (Wildman–Crippen LogP) is 3.69. The first-order valence-corrected chi connectivity index (χ1v) is 6.27. The van der Waals surface area contributed by atoms with E-state index in [9.17, 15) is 0 Å². The Hall–Kier alpha value is -1.18. The van der Waals surface area contributed by atoms with Crippen LogP contribution in [-0.2, 0) is 0 Å². The average Bonchev–Trinajstić information content (AvgIpc) is 3.05. The summed E-state index contributed by atoms with van der Waals surface area (Å²) in [7, 11) is 0. The smallest absolute Gasteiger partial charge is 0.119 e. The number of anilines is 1. The minimum atomic E-state index is 0.574. The minimum Gasteiger partial charge on any atom is -0.494 e. The van der Waals surface area contributed by atoms with E-state index in [4.69, 9.17) is 4.74 Å². The van der Waals surface area contributed by atoms with Gasteiger partial charge in [0.15, 0.2) is 0 Å². The first-order chi connectivity index (χ1) is 7.78. The molecule has 2 rings (SSSR count). The fraction of sp³-hybridized carbons (Fsp3) is 0.571. The van der Waals surface area contributed by atoms with Crippen LogP contribution < -0.4 is 10.1 Å². The van der Waals surface area contributed by atoms with E-state index in [1.807, 2.05) is 19.1 Å². The quantitative estimate of drug-likeness (QED) is 0.788. The van der Waals surface area contributed by atoms with Gasteiger partial charge in [-0.25, -0.2) is 0 Å². The topological polar surface area (TPSA) is 21.3 Å². The third kappa shape index (κ3) is 3.44.